The van der Waals surface area contributed by atoms with Gasteiger partial charge in [-0.2, -0.15) is 4.98 Å². The van der Waals surface area contributed by atoms with Crippen molar-refractivity contribution >= 4 is 11.7 Å². The first-order valence-corrected chi connectivity index (χ1v) is 10.4. The summed E-state index contributed by atoms with van der Waals surface area (Å²) in [6.07, 6.45) is -1.32. The molecule has 0 saturated heterocycles. The summed E-state index contributed by atoms with van der Waals surface area (Å²) < 4.78 is 10.9. The predicted octanol–water partition coefficient (Wildman–Crippen LogP) is 3.50. The minimum absolute atomic E-state index is 0.0313. The average molecular weight is 446 g/mol. The topological polar surface area (TPSA) is 131 Å². The zero-order valence-corrected chi connectivity index (χ0v) is 18.1. The summed E-state index contributed by atoms with van der Waals surface area (Å²) in [4.78, 5) is 27.8. The van der Waals surface area contributed by atoms with Gasteiger partial charge in [-0.1, -0.05) is 64.9 Å². The lowest BCUT2D eigenvalue weighted by atomic mass is 10.0. The Morgan fingerprint density at radius 3 is 2.39 bits per heavy atom. The van der Waals surface area contributed by atoms with Gasteiger partial charge >= 0.3 is 0 Å². The van der Waals surface area contributed by atoms with Gasteiger partial charge in [-0.05, 0) is 12.5 Å². The Morgan fingerprint density at radius 2 is 1.70 bits per heavy atom. The molecule has 0 radical (unpaired) electrons. The van der Waals surface area contributed by atoms with Gasteiger partial charge in [0.15, 0.2) is 17.2 Å². The molecule has 168 valence electrons. The Morgan fingerprint density at radius 1 is 0.970 bits per heavy atom. The number of aliphatic hydroxyl groups excluding tert-OH is 1. The monoisotopic (exact) mass is 446 g/mol. The first-order chi connectivity index (χ1) is 16.0. The van der Waals surface area contributed by atoms with Crippen molar-refractivity contribution < 1.29 is 23.7 Å². The Hall–Kier alpha value is -4.11. The molecule has 0 saturated carbocycles. The molecular formula is C24H22N4O5. The van der Waals surface area contributed by atoms with Crippen LogP contribution >= 0.6 is 0 Å². The van der Waals surface area contributed by atoms with E-state index in [4.69, 9.17) is 9.05 Å². The summed E-state index contributed by atoms with van der Waals surface area (Å²) in [5.74, 6) is 0.508. The lowest BCUT2D eigenvalue weighted by Gasteiger charge is -2.10. The Kier molecular flexibility index (Phi) is 6.41. The van der Waals surface area contributed by atoms with E-state index in [0.717, 1.165) is 11.1 Å². The molecular weight excluding hydrogens is 424 g/mol. The van der Waals surface area contributed by atoms with E-state index in [9.17, 15) is 14.7 Å². The van der Waals surface area contributed by atoms with E-state index in [1.54, 1.807) is 24.3 Å². The molecule has 0 aliphatic carbocycles. The first kappa shape index (κ1) is 22.1. The van der Waals surface area contributed by atoms with Crippen molar-refractivity contribution in [3.05, 3.63) is 65.7 Å². The minimum Gasteiger partial charge on any atom is -0.381 e. The summed E-state index contributed by atoms with van der Waals surface area (Å²) in [5, 5.41) is 20.8. The van der Waals surface area contributed by atoms with E-state index in [1.807, 2.05) is 37.3 Å². The predicted molar refractivity (Wildman–Crippen MR) is 119 cm³/mol. The van der Waals surface area contributed by atoms with E-state index >= 15 is 0 Å². The molecule has 2 heterocycles. The largest absolute Gasteiger partial charge is 0.381 e. The number of rotatable bonds is 8. The number of aromatic nitrogens is 3. The Bertz CT molecular complexity index is 1260. The van der Waals surface area contributed by atoms with Gasteiger partial charge in [0.1, 0.15) is 6.10 Å². The van der Waals surface area contributed by atoms with Gasteiger partial charge in [-0.15, -0.1) is 0 Å². The molecule has 0 fully saturated rings. The number of hydrogen-bond donors (Lipinski definition) is 2. The minimum atomic E-state index is -1.31. The number of hydrogen-bond acceptors (Lipinski definition) is 8. The van der Waals surface area contributed by atoms with E-state index < -0.39 is 11.9 Å². The SMILES string of the molecule is CNC(=O)CCC(=O)C(O)c1ccc(-c2noc(-c3noc(-c4ccccc4)c3C)n2)cc1. The number of ketones is 1. The van der Waals surface area contributed by atoms with Crippen molar-refractivity contribution in [3.63, 3.8) is 0 Å². The van der Waals surface area contributed by atoms with Gasteiger partial charge in [-0.25, -0.2) is 0 Å². The molecule has 0 aliphatic heterocycles. The highest BCUT2D eigenvalue weighted by molar-refractivity contribution is 5.88. The third-order valence-electron chi connectivity index (χ3n) is 5.26. The van der Waals surface area contributed by atoms with Crippen molar-refractivity contribution in [2.24, 2.45) is 0 Å². The third-order valence-corrected chi connectivity index (χ3v) is 5.26. The van der Waals surface area contributed by atoms with Crippen LogP contribution in [0.4, 0.5) is 0 Å². The number of nitrogens with one attached hydrogen (secondary N) is 1. The number of carbonyl (C=O) groups excluding carboxylic acids is 2. The highest BCUT2D eigenvalue weighted by Crippen LogP contribution is 2.31. The summed E-state index contributed by atoms with van der Waals surface area (Å²) in [6, 6.07) is 16.2. The fraction of sp³-hybridized carbons (Fsp3) is 0.208. The summed E-state index contributed by atoms with van der Waals surface area (Å²) >= 11 is 0. The standard InChI is InChI=1S/C24H22N4O5/c1-14-20(27-32-22(14)16-6-4-3-5-7-16)24-26-23(28-33-24)17-10-8-15(9-11-17)21(31)18(29)12-13-19(30)25-2/h3-11,21,31H,12-13H2,1-2H3,(H,25,30). The maximum Gasteiger partial charge on any atom is 0.280 e. The van der Waals surface area contributed by atoms with Crippen LogP contribution < -0.4 is 5.32 Å². The van der Waals surface area contributed by atoms with Crippen molar-refractivity contribution in [3.8, 4) is 34.3 Å². The molecule has 2 aromatic carbocycles. The van der Waals surface area contributed by atoms with Crippen LogP contribution in [0.1, 0.15) is 30.1 Å². The third kappa shape index (κ3) is 4.73. The highest BCUT2D eigenvalue weighted by atomic mass is 16.5. The molecule has 0 spiro atoms. The summed E-state index contributed by atoms with van der Waals surface area (Å²) in [7, 11) is 1.50. The van der Waals surface area contributed by atoms with Crippen LogP contribution in [0.2, 0.25) is 0 Å². The van der Waals surface area contributed by atoms with Crippen LogP contribution in [0.5, 0.6) is 0 Å². The van der Waals surface area contributed by atoms with Crippen LogP contribution in [-0.4, -0.2) is 39.1 Å². The lowest BCUT2D eigenvalue weighted by molar-refractivity contribution is -0.130. The van der Waals surface area contributed by atoms with Crippen molar-refractivity contribution in [1.82, 2.24) is 20.6 Å². The fourth-order valence-electron chi connectivity index (χ4n) is 3.33. The van der Waals surface area contributed by atoms with E-state index in [1.165, 1.54) is 7.05 Å². The number of aliphatic hydroxyl groups is 1. The van der Waals surface area contributed by atoms with E-state index in [2.05, 4.69) is 20.6 Å². The summed E-state index contributed by atoms with van der Waals surface area (Å²) in [6.45, 7) is 1.87. The molecule has 33 heavy (non-hydrogen) atoms. The van der Waals surface area contributed by atoms with Crippen LogP contribution in [0.3, 0.4) is 0 Å². The van der Waals surface area contributed by atoms with E-state index in [-0.39, 0.29) is 24.6 Å². The fourth-order valence-corrected chi connectivity index (χ4v) is 3.33. The molecule has 2 aromatic heterocycles. The molecule has 1 amide bonds. The zero-order valence-electron chi connectivity index (χ0n) is 18.1. The van der Waals surface area contributed by atoms with Crippen molar-refractivity contribution in [2.45, 2.75) is 25.9 Å². The molecule has 1 unspecified atom stereocenters. The number of nitrogens with zero attached hydrogens (tertiary/aromatic N) is 3. The maximum atomic E-state index is 12.1. The normalized spacial score (nSPS) is 11.8. The molecule has 1 atom stereocenters. The molecule has 0 aliphatic rings. The van der Waals surface area contributed by atoms with Gasteiger partial charge in [-0.3, -0.25) is 9.59 Å². The number of carbonyl (C=O) groups is 2. The van der Waals surface area contributed by atoms with Crippen LogP contribution in [0.15, 0.2) is 63.6 Å². The van der Waals surface area contributed by atoms with E-state index in [0.29, 0.717) is 28.4 Å². The Balaban J connectivity index is 1.49. The van der Waals surface area contributed by atoms with Crippen LogP contribution in [0.25, 0.3) is 34.3 Å². The molecule has 4 rings (SSSR count). The van der Waals surface area contributed by atoms with Gasteiger partial charge in [0.2, 0.25) is 11.7 Å². The molecule has 2 N–H and O–H groups in total. The maximum absolute atomic E-state index is 12.1. The molecule has 9 nitrogen and oxygen atoms in total. The number of benzene rings is 2. The highest BCUT2D eigenvalue weighted by Gasteiger charge is 2.22. The second-order valence-corrected chi connectivity index (χ2v) is 7.44. The first-order valence-electron chi connectivity index (χ1n) is 10.4. The van der Waals surface area contributed by atoms with Crippen LogP contribution in [-0.2, 0) is 9.59 Å². The van der Waals surface area contributed by atoms with Gasteiger partial charge in [0.05, 0.1) is 0 Å². The molecule has 9 heteroatoms. The second-order valence-electron chi connectivity index (χ2n) is 7.44. The number of amides is 1. The molecule has 4 aromatic rings. The number of Topliss-reactive ketones (excluding diaryl/α,β-unsaturated/α-hetero) is 1. The van der Waals surface area contributed by atoms with Crippen molar-refractivity contribution in [2.75, 3.05) is 7.05 Å². The second kappa shape index (κ2) is 9.58. The van der Waals surface area contributed by atoms with Crippen molar-refractivity contribution in [1.29, 1.82) is 0 Å². The van der Waals surface area contributed by atoms with Gasteiger partial charge in [0, 0.05) is 36.6 Å². The average Bonchev–Trinajstić information content (AvgIpc) is 3.49. The van der Waals surface area contributed by atoms with Gasteiger partial charge in [0.25, 0.3) is 5.89 Å². The zero-order chi connectivity index (χ0) is 23.4. The quantitative estimate of drug-likeness (QED) is 0.420. The Labute approximate surface area is 189 Å². The van der Waals surface area contributed by atoms with Gasteiger partial charge < -0.3 is 19.5 Å². The lowest BCUT2D eigenvalue weighted by Crippen LogP contribution is -2.20. The van der Waals surface area contributed by atoms with Crippen LogP contribution in [0, 0.1) is 6.92 Å². The smallest absolute Gasteiger partial charge is 0.280 e. The summed E-state index contributed by atoms with van der Waals surface area (Å²) in [5.41, 5.74) is 3.20. The molecule has 0 bridgehead atoms.